The topological polar surface area (TPSA) is 46.2 Å². The summed E-state index contributed by atoms with van der Waals surface area (Å²) in [6, 6.07) is 9.90. The molecule has 7 heteroatoms. The normalized spacial score (nSPS) is 11.7. The Bertz CT molecular complexity index is 838. The highest BCUT2D eigenvalue weighted by Gasteiger charge is 2.37. The second-order valence-electron chi connectivity index (χ2n) is 4.58. The quantitative estimate of drug-likeness (QED) is 0.866. The summed E-state index contributed by atoms with van der Waals surface area (Å²) in [5.74, 6) is 2.23. The van der Waals surface area contributed by atoms with Crippen LogP contribution in [0.4, 0.5) is 18.9 Å². The summed E-state index contributed by atoms with van der Waals surface area (Å²) in [7, 11) is -4.28. The maximum Gasteiger partial charge on any atom is 0.417 e. The Morgan fingerprint density at radius 1 is 1.09 bits per heavy atom. The van der Waals surface area contributed by atoms with Crippen molar-refractivity contribution in [3.63, 3.8) is 0 Å². The molecular formula is C16H12F3NO2S. The molecule has 2 aromatic rings. The molecule has 0 amide bonds. The van der Waals surface area contributed by atoms with E-state index in [1.807, 2.05) is 0 Å². The number of alkyl halides is 3. The van der Waals surface area contributed by atoms with Crippen LogP contribution in [0.2, 0.25) is 0 Å². The monoisotopic (exact) mass is 339 g/mol. The molecule has 3 nitrogen and oxygen atoms in total. The molecule has 0 aromatic heterocycles. The maximum atomic E-state index is 13.3. The van der Waals surface area contributed by atoms with Gasteiger partial charge in [0, 0.05) is 5.69 Å². The van der Waals surface area contributed by atoms with Crippen LogP contribution in [0.15, 0.2) is 58.3 Å². The zero-order valence-electron chi connectivity index (χ0n) is 11.8. The summed E-state index contributed by atoms with van der Waals surface area (Å²) in [6.45, 7) is 0.0298. The van der Waals surface area contributed by atoms with Crippen LogP contribution in [0, 0.1) is 12.3 Å². The molecule has 0 unspecified atom stereocenters. The second-order valence-corrected chi connectivity index (χ2v) is 6.50. The van der Waals surface area contributed by atoms with E-state index >= 15 is 0 Å². The molecule has 0 fully saturated rings. The van der Waals surface area contributed by atoms with Crippen molar-refractivity contribution in [2.24, 2.45) is 0 Å². The Hall–Kier alpha value is -2.46. The fourth-order valence-electron chi connectivity index (χ4n) is 1.98. The molecule has 0 saturated heterocycles. The Morgan fingerprint density at radius 2 is 1.74 bits per heavy atom. The minimum absolute atomic E-state index is 0.0298. The van der Waals surface area contributed by atoms with Crippen molar-refractivity contribution < 1.29 is 21.6 Å². The van der Waals surface area contributed by atoms with Gasteiger partial charge in [-0.05, 0) is 30.3 Å². The molecule has 120 valence electrons. The first kappa shape index (κ1) is 16.9. The molecular weight excluding hydrogens is 327 g/mol. The number of hydrogen-bond acceptors (Lipinski definition) is 3. The van der Waals surface area contributed by atoms with Crippen LogP contribution in [-0.4, -0.2) is 15.0 Å². The number of benzene rings is 2. The van der Waals surface area contributed by atoms with Crippen molar-refractivity contribution in [3.05, 3.63) is 54.1 Å². The van der Waals surface area contributed by atoms with E-state index in [-0.39, 0.29) is 17.1 Å². The first-order chi connectivity index (χ1) is 10.8. The summed E-state index contributed by atoms with van der Waals surface area (Å²) in [4.78, 5) is -0.989. The highest BCUT2D eigenvalue weighted by atomic mass is 32.2. The summed E-state index contributed by atoms with van der Waals surface area (Å²) < 4.78 is 64.7. The van der Waals surface area contributed by atoms with Gasteiger partial charge in [0.15, 0.2) is 0 Å². The highest BCUT2D eigenvalue weighted by Crippen LogP contribution is 2.37. The number of rotatable bonds is 4. The predicted octanol–water partition coefficient (Wildman–Crippen LogP) is 3.58. The van der Waals surface area contributed by atoms with Gasteiger partial charge in [-0.1, -0.05) is 24.1 Å². The smallest absolute Gasteiger partial charge is 0.374 e. The molecule has 2 aromatic carbocycles. The minimum Gasteiger partial charge on any atom is -0.374 e. The standard InChI is InChI=1S/C16H12F3NO2S/c1-2-10-20-12-8-9-15(14(11-12)16(17,18)19)23(21,22)13-6-4-3-5-7-13/h1,3-9,11,20H,10H2. The van der Waals surface area contributed by atoms with Crippen LogP contribution in [0.3, 0.4) is 0 Å². The van der Waals surface area contributed by atoms with E-state index in [0.717, 1.165) is 12.1 Å². The number of halogens is 3. The third kappa shape index (κ3) is 3.66. The van der Waals surface area contributed by atoms with Gasteiger partial charge in [0.25, 0.3) is 0 Å². The average molecular weight is 339 g/mol. The van der Waals surface area contributed by atoms with Gasteiger partial charge < -0.3 is 5.32 Å². The Labute approximate surface area is 132 Å². The first-order valence-electron chi connectivity index (χ1n) is 6.45. The molecule has 0 atom stereocenters. The summed E-state index contributed by atoms with van der Waals surface area (Å²) in [6.07, 6.45) is 0.230. The Kier molecular flexibility index (Phi) is 4.66. The average Bonchev–Trinajstić information content (AvgIpc) is 2.52. The van der Waals surface area contributed by atoms with Crippen LogP contribution in [0.1, 0.15) is 5.56 Å². The first-order valence-corrected chi connectivity index (χ1v) is 7.94. The number of nitrogens with one attached hydrogen (secondary N) is 1. The number of terminal acetylenes is 1. The molecule has 0 aliphatic carbocycles. The fourth-order valence-corrected chi connectivity index (χ4v) is 3.46. The third-order valence-electron chi connectivity index (χ3n) is 3.02. The number of hydrogen-bond donors (Lipinski definition) is 1. The fraction of sp³-hybridized carbons (Fsp3) is 0.125. The van der Waals surface area contributed by atoms with E-state index in [1.165, 1.54) is 30.3 Å². The van der Waals surface area contributed by atoms with Gasteiger partial charge in [-0.25, -0.2) is 8.42 Å². The van der Waals surface area contributed by atoms with Crippen molar-refractivity contribution in [1.29, 1.82) is 0 Å². The van der Waals surface area contributed by atoms with E-state index < -0.39 is 26.5 Å². The van der Waals surface area contributed by atoms with E-state index in [1.54, 1.807) is 6.07 Å². The zero-order valence-corrected chi connectivity index (χ0v) is 12.6. The molecule has 0 spiro atoms. The summed E-state index contributed by atoms with van der Waals surface area (Å²) in [5, 5.41) is 2.59. The molecule has 0 radical (unpaired) electrons. The maximum absolute atomic E-state index is 13.3. The van der Waals surface area contributed by atoms with Crippen molar-refractivity contribution in [2.45, 2.75) is 16.0 Å². The lowest BCUT2D eigenvalue weighted by Gasteiger charge is -2.15. The molecule has 2 rings (SSSR count). The molecule has 0 aliphatic heterocycles. The van der Waals surface area contributed by atoms with Crippen molar-refractivity contribution in [3.8, 4) is 12.3 Å². The predicted molar refractivity (Wildman–Crippen MR) is 80.7 cm³/mol. The lowest BCUT2D eigenvalue weighted by atomic mass is 10.2. The third-order valence-corrected chi connectivity index (χ3v) is 4.85. The van der Waals surface area contributed by atoms with E-state index in [4.69, 9.17) is 6.42 Å². The van der Waals surface area contributed by atoms with E-state index in [2.05, 4.69) is 11.2 Å². The van der Waals surface area contributed by atoms with Gasteiger partial charge in [0.05, 0.1) is 21.9 Å². The Balaban J connectivity index is 2.61. The van der Waals surface area contributed by atoms with Crippen LogP contribution in [0.5, 0.6) is 0 Å². The van der Waals surface area contributed by atoms with Gasteiger partial charge in [0.1, 0.15) is 0 Å². The second kappa shape index (κ2) is 6.34. The molecule has 23 heavy (non-hydrogen) atoms. The van der Waals surface area contributed by atoms with Crippen LogP contribution in [-0.2, 0) is 16.0 Å². The molecule has 1 N–H and O–H groups in total. The van der Waals surface area contributed by atoms with E-state index in [0.29, 0.717) is 0 Å². The van der Waals surface area contributed by atoms with Crippen LogP contribution >= 0.6 is 0 Å². The minimum atomic E-state index is -4.81. The van der Waals surface area contributed by atoms with Crippen LogP contribution < -0.4 is 5.32 Å². The SMILES string of the molecule is C#CCNc1ccc(S(=O)(=O)c2ccccc2)c(C(F)(F)F)c1. The van der Waals surface area contributed by atoms with Gasteiger partial charge in [-0.2, -0.15) is 13.2 Å². The van der Waals surface area contributed by atoms with Gasteiger partial charge in [-0.3, -0.25) is 0 Å². The van der Waals surface area contributed by atoms with E-state index in [9.17, 15) is 21.6 Å². The van der Waals surface area contributed by atoms with Gasteiger partial charge >= 0.3 is 6.18 Å². The lowest BCUT2D eigenvalue weighted by molar-refractivity contribution is -0.139. The summed E-state index contributed by atoms with van der Waals surface area (Å²) in [5.41, 5.74) is -1.13. The molecule has 0 aliphatic rings. The number of anilines is 1. The van der Waals surface area contributed by atoms with Gasteiger partial charge in [-0.15, -0.1) is 6.42 Å². The molecule has 0 bridgehead atoms. The molecule has 0 saturated carbocycles. The highest BCUT2D eigenvalue weighted by molar-refractivity contribution is 7.91. The van der Waals surface area contributed by atoms with Gasteiger partial charge in [0.2, 0.25) is 9.84 Å². The van der Waals surface area contributed by atoms with Crippen molar-refractivity contribution in [2.75, 3.05) is 11.9 Å². The van der Waals surface area contributed by atoms with Crippen molar-refractivity contribution >= 4 is 15.5 Å². The summed E-state index contributed by atoms with van der Waals surface area (Å²) >= 11 is 0. The molecule has 0 heterocycles. The lowest BCUT2D eigenvalue weighted by Crippen LogP contribution is -2.14. The van der Waals surface area contributed by atoms with Crippen LogP contribution in [0.25, 0.3) is 0 Å². The Morgan fingerprint density at radius 3 is 2.30 bits per heavy atom. The number of sulfone groups is 1. The zero-order chi connectivity index (χ0) is 17.1. The van der Waals surface area contributed by atoms with Crippen molar-refractivity contribution in [1.82, 2.24) is 0 Å². The largest absolute Gasteiger partial charge is 0.417 e.